The van der Waals surface area contributed by atoms with E-state index in [0.29, 0.717) is 30.5 Å². The number of aliphatic hydroxyl groups is 1. The van der Waals surface area contributed by atoms with E-state index in [4.69, 9.17) is 5.11 Å². The van der Waals surface area contributed by atoms with Crippen molar-refractivity contribution in [2.45, 2.75) is 38.3 Å². The predicted octanol–water partition coefficient (Wildman–Crippen LogP) is 1.50. The lowest BCUT2D eigenvalue weighted by molar-refractivity contribution is -0.141. The second-order valence-electron chi connectivity index (χ2n) is 5.88. The molecule has 0 aromatic heterocycles. The van der Waals surface area contributed by atoms with Gasteiger partial charge in [0.05, 0.1) is 0 Å². The van der Waals surface area contributed by atoms with Gasteiger partial charge in [-0.1, -0.05) is 17.9 Å². The van der Waals surface area contributed by atoms with E-state index in [2.05, 4.69) is 11.8 Å². The lowest BCUT2D eigenvalue weighted by atomic mass is 10.1. The molecule has 1 aliphatic heterocycles. The van der Waals surface area contributed by atoms with E-state index in [-0.39, 0.29) is 5.91 Å². The SMILES string of the molecule is CC(C)(O)C#Cc1cccc(C(=O)N2CCC[C@H]2C(=O)O)c1. The molecule has 1 aromatic carbocycles. The molecule has 2 N–H and O–H groups in total. The Balaban J connectivity index is 2.23. The molecule has 0 saturated carbocycles. The van der Waals surface area contributed by atoms with Gasteiger partial charge >= 0.3 is 5.97 Å². The maximum Gasteiger partial charge on any atom is 0.326 e. The number of rotatable bonds is 2. The van der Waals surface area contributed by atoms with Crippen LogP contribution in [-0.4, -0.2) is 45.2 Å². The summed E-state index contributed by atoms with van der Waals surface area (Å²) in [6, 6.07) is 5.97. The molecule has 2 rings (SSSR count). The smallest absolute Gasteiger partial charge is 0.326 e. The highest BCUT2D eigenvalue weighted by Crippen LogP contribution is 2.20. The van der Waals surface area contributed by atoms with E-state index < -0.39 is 17.6 Å². The van der Waals surface area contributed by atoms with Gasteiger partial charge < -0.3 is 15.1 Å². The first-order valence-electron chi connectivity index (χ1n) is 7.17. The molecular formula is C17H19NO4. The molecule has 1 heterocycles. The molecule has 1 amide bonds. The molecule has 1 saturated heterocycles. The van der Waals surface area contributed by atoms with Gasteiger partial charge in [0.15, 0.2) is 0 Å². The van der Waals surface area contributed by atoms with Gasteiger partial charge in [-0.3, -0.25) is 4.79 Å². The molecule has 5 nitrogen and oxygen atoms in total. The minimum atomic E-state index is -1.11. The maximum absolute atomic E-state index is 12.5. The Hall–Kier alpha value is -2.32. The number of carbonyl (C=O) groups is 2. The van der Waals surface area contributed by atoms with Gasteiger partial charge in [-0.2, -0.15) is 0 Å². The lowest BCUT2D eigenvalue weighted by Crippen LogP contribution is -2.40. The lowest BCUT2D eigenvalue weighted by Gasteiger charge is -2.21. The average Bonchev–Trinajstić information content (AvgIpc) is 2.93. The number of aliphatic carboxylic acids is 1. The van der Waals surface area contributed by atoms with Crippen LogP contribution in [0.5, 0.6) is 0 Å². The van der Waals surface area contributed by atoms with Gasteiger partial charge in [0.1, 0.15) is 11.6 Å². The standard InChI is InChI=1S/C17H19NO4/c1-17(2,22)9-8-12-5-3-6-13(11-12)15(19)18-10-4-7-14(18)16(20)21/h3,5-6,11,14,22H,4,7,10H2,1-2H3,(H,20,21)/t14-/m0/s1. The van der Waals surface area contributed by atoms with Crippen LogP contribution < -0.4 is 0 Å². The van der Waals surface area contributed by atoms with Crippen LogP contribution in [0.3, 0.4) is 0 Å². The molecule has 5 heteroatoms. The number of amides is 1. The Labute approximate surface area is 129 Å². The minimum Gasteiger partial charge on any atom is -0.480 e. The van der Waals surface area contributed by atoms with Gasteiger partial charge in [-0.15, -0.1) is 0 Å². The summed E-state index contributed by atoms with van der Waals surface area (Å²) in [5, 5.41) is 18.8. The predicted molar refractivity (Wildman–Crippen MR) is 81.3 cm³/mol. The molecule has 22 heavy (non-hydrogen) atoms. The molecule has 1 atom stereocenters. The van der Waals surface area contributed by atoms with Crippen molar-refractivity contribution in [3.8, 4) is 11.8 Å². The Morgan fingerprint density at radius 3 is 2.73 bits per heavy atom. The zero-order valence-corrected chi connectivity index (χ0v) is 12.7. The number of carboxylic acids is 1. The van der Waals surface area contributed by atoms with Crippen molar-refractivity contribution in [3.05, 3.63) is 35.4 Å². The Morgan fingerprint density at radius 1 is 1.36 bits per heavy atom. The molecular weight excluding hydrogens is 282 g/mol. The third-order valence-electron chi connectivity index (χ3n) is 3.42. The third-order valence-corrected chi connectivity index (χ3v) is 3.42. The summed E-state index contributed by atoms with van der Waals surface area (Å²) in [6.07, 6.45) is 1.18. The molecule has 116 valence electrons. The first-order valence-corrected chi connectivity index (χ1v) is 7.17. The second-order valence-corrected chi connectivity index (χ2v) is 5.88. The zero-order chi connectivity index (χ0) is 16.3. The molecule has 1 aromatic rings. The zero-order valence-electron chi connectivity index (χ0n) is 12.7. The third kappa shape index (κ3) is 3.86. The van der Waals surface area contributed by atoms with Crippen LogP contribution in [-0.2, 0) is 4.79 Å². The Bertz CT molecular complexity index is 649. The van der Waals surface area contributed by atoms with Gasteiger partial charge in [-0.05, 0) is 44.9 Å². The van der Waals surface area contributed by atoms with Crippen LogP contribution in [0.15, 0.2) is 24.3 Å². The number of likely N-dealkylation sites (tertiary alicyclic amines) is 1. The maximum atomic E-state index is 12.5. The highest BCUT2D eigenvalue weighted by Gasteiger charge is 2.34. The fourth-order valence-electron chi connectivity index (χ4n) is 2.39. The quantitative estimate of drug-likeness (QED) is 0.812. The van der Waals surface area contributed by atoms with Crippen LogP contribution in [0.1, 0.15) is 42.6 Å². The first kappa shape index (κ1) is 16.1. The largest absolute Gasteiger partial charge is 0.480 e. The summed E-state index contributed by atoms with van der Waals surface area (Å²) in [6.45, 7) is 3.61. The number of benzene rings is 1. The number of carboxylic acid groups (broad SMARTS) is 1. The van der Waals surface area contributed by atoms with Crippen LogP contribution in [0.4, 0.5) is 0 Å². The topological polar surface area (TPSA) is 77.8 Å². The molecule has 0 unspecified atom stereocenters. The first-order chi connectivity index (χ1) is 10.3. The van der Waals surface area contributed by atoms with E-state index in [1.807, 2.05) is 0 Å². The highest BCUT2D eigenvalue weighted by atomic mass is 16.4. The molecule has 0 spiro atoms. The summed E-state index contributed by atoms with van der Waals surface area (Å²) >= 11 is 0. The van der Waals surface area contributed by atoms with Crippen molar-refractivity contribution in [2.24, 2.45) is 0 Å². The van der Waals surface area contributed by atoms with Crippen molar-refractivity contribution >= 4 is 11.9 Å². The van der Waals surface area contributed by atoms with E-state index in [1.165, 1.54) is 4.90 Å². The van der Waals surface area contributed by atoms with Gasteiger partial charge in [-0.25, -0.2) is 4.79 Å². The monoisotopic (exact) mass is 301 g/mol. The van der Waals surface area contributed by atoms with Gasteiger partial charge in [0.2, 0.25) is 0 Å². The number of carbonyl (C=O) groups excluding carboxylic acids is 1. The van der Waals surface area contributed by atoms with Crippen LogP contribution in [0.2, 0.25) is 0 Å². The Morgan fingerprint density at radius 2 is 2.09 bits per heavy atom. The Kier molecular flexibility index (Phi) is 4.53. The van der Waals surface area contributed by atoms with E-state index in [9.17, 15) is 14.7 Å². The molecule has 1 aliphatic rings. The normalized spacial score (nSPS) is 17.8. The number of hydrogen-bond donors (Lipinski definition) is 2. The molecule has 0 radical (unpaired) electrons. The number of hydrogen-bond acceptors (Lipinski definition) is 3. The summed E-state index contributed by atoms with van der Waals surface area (Å²) in [4.78, 5) is 25.1. The second kappa shape index (κ2) is 6.20. The molecule has 0 aliphatic carbocycles. The van der Waals surface area contributed by atoms with Crippen molar-refractivity contribution in [2.75, 3.05) is 6.54 Å². The van der Waals surface area contributed by atoms with Crippen molar-refractivity contribution in [3.63, 3.8) is 0 Å². The molecule has 0 bridgehead atoms. The highest BCUT2D eigenvalue weighted by molar-refractivity contribution is 5.97. The van der Waals surface area contributed by atoms with E-state index in [0.717, 1.165) is 0 Å². The average molecular weight is 301 g/mol. The minimum absolute atomic E-state index is 0.295. The van der Waals surface area contributed by atoms with Crippen LogP contribution >= 0.6 is 0 Å². The summed E-state index contributed by atoms with van der Waals surface area (Å²) in [5.74, 6) is 4.24. The van der Waals surface area contributed by atoms with Gasteiger partial charge in [0, 0.05) is 17.7 Å². The summed E-state index contributed by atoms with van der Waals surface area (Å²) in [5.41, 5.74) is -0.0849. The molecule has 1 fully saturated rings. The van der Waals surface area contributed by atoms with Crippen LogP contribution in [0, 0.1) is 11.8 Å². The fourth-order valence-corrected chi connectivity index (χ4v) is 2.39. The van der Waals surface area contributed by atoms with Crippen molar-refractivity contribution in [1.82, 2.24) is 4.90 Å². The van der Waals surface area contributed by atoms with Crippen molar-refractivity contribution < 1.29 is 19.8 Å². The number of nitrogens with zero attached hydrogens (tertiary/aromatic N) is 1. The summed E-state index contributed by atoms with van der Waals surface area (Å²) in [7, 11) is 0. The summed E-state index contributed by atoms with van der Waals surface area (Å²) < 4.78 is 0. The van der Waals surface area contributed by atoms with E-state index in [1.54, 1.807) is 38.1 Å². The van der Waals surface area contributed by atoms with E-state index >= 15 is 0 Å². The van der Waals surface area contributed by atoms with Crippen LogP contribution in [0.25, 0.3) is 0 Å². The fraction of sp³-hybridized carbons (Fsp3) is 0.412. The van der Waals surface area contributed by atoms with Gasteiger partial charge in [0.25, 0.3) is 5.91 Å². The van der Waals surface area contributed by atoms with Crippen molar-refractivity contribution in [1.29, 1.82) is 0 Å².